The van der Waals surface area contributed by atoms with Gasteiger partial charge >= 0.3 is 0 Å². The fourth-order valence-electron chi connectivity index (χ4n) is 4.09. The lowest BCUT2D eigenvalue weighted by Crippen LogP contribution is -2.11. The molecule has 0 amide bonds. The molecule has 0 saturated heterocycles. The Morgan fingerprint density at radius 1 is 1.22 bits per heavy atom. The van der Waals surface area contributed by atoms with Crippen LogP contribution in [0.5, 0.6) is 11.5 Å². The van der Waals surface area contributed by atoms with Crippen molar-refractivity contribution in [2.75, 3.05) is 5.32 Å². The molecule has 2 aliphatic rings. The zero-order valence-electron chi connectivity index (χ0n) is 14.6. The van der Waals surface area contributed by atoms with Crippen LogP contribution < -0.4 is 10.1 Å². The Bertz CT molecular complexity index is 1140. The second kappa shape index (κ2) is 5.82. The Hall–Kier alpha value is -2.86. The van der Waals surface area contributed by atoms with Gasteiger partial charge in [0, 0.05) is 22.0 Å². The molecule has 27 heavy (non-hydrogen) atoms. The number of halogens is 1. The van der Waals surface area contributed by atoms with Crippen LogP contribution in [0.1, 0.15) is 29.7 Å². The first kappa shape index (κ1) is 16.3. The lowest BCUT2D eigenvalue weighted by atomic mass is 9.87. The van der Waals surface area contributed by atoms with Gasteiger partial charge in [0.25, 0.3) is 5.69 Å². The average molecular weight is 382 g/mol. The van der Waals surface area contributed by atoms with E-state index in [4.69, 9.17) is 21.3 Å². The number of ether oxygens (including phenoxy) is 1. The van der Waals surface area contributed by atoms with Gasteiger partial charge in [-0.25, -0.2) is 4.98 Å². The summed E-state index contributed by atoms with van der Waals surface area (Å²) in [5, 5.41) is 16.4. The summed E-state index contributed by atoms with van der Waals surface area (Å²) in [6.45, 7) is 1.90. The van der Waals surface area contributed by atoms with Crippen LogP contribution in [0.4, 0.5) is 17.1 Å². The lowest BCUT2D eigenvalue weighted by Gasteiger charge is -2.26. The maximum Gasteiger partial charge on any atom is 0.273 e. The summed E-state index contributed by atoms with van der Waals surface area (Å²) in [4.78, 5) is 16.2. The van der Waals surface area contributed by atoms with Gasteiger partial charge < -0.3 is 10.1 Å². The van der Waals surface area contributed by atoms with E-state index in [1.807, 2.05) is 6.92 Å². The smallest absolute Gasteiger partial charge is 0.273 e. The van der Waals surface area contributed by atoms with E-state index in [9.17, 15) is 10.1 Å². The van der Waals surface area contributed by atoms with Crippen molar-refractivity contribution in [1.29, 1.82) is 0 Å². The van der Waals surface area contributed by atoms with E-state index in [1.54, 1.807) is 24.3 Å². The standard InChI is InChI=1S/C20H16ClN3O3/c1-10-20-19(23-15-8-11(21)6-7-17(15)27-20)14-9-16(24(25)26)12-4-2-3-5-13(12)18(14)22-10/h6-9,23H,2-5H2,1H3. The van der Waals surface area contributed by atoms with E-state index in [-0.39, 0.29) is 10.6 Å². The summed E-state index contributed by atoms with van der Waals surface area (Å²) in [5.41, 5.74) is 5.02. The van der Waals surface area contributed by atoms with Crippen molar-refractivity contribution in [2.45, 2.75) is 32.6 Å². The lowest BCUT2D eigenvalue weighted by molar-refractivity contribution is -0.385. The Labute approximate surface area is 160 Å². The first-order chi connectivity index (χ1) is 13.0. The number of aryl methyl sites for hydroxylation is 2. The summed E-state index contributed by atoms with van der Waals surface area (Å²) in [7, 11) is 0. The van der Waals surface area contributed by atoms with Crippen molar-refractivity contribution < 1.29 is 9.66 Å². The third-order valence-electron chi connectivity index (χ3n) is 5.31. The molecule has 6 nitrogen and oxygen atoms in total. The normalized spacial score (nSPS) is 14.6. The Morgan fingerprint density at radius 2 is 2.00 bits per heavy atom. The van der Waals surface area contributed by atoms with Crippen molar-refractivity contribution in [1.82, 2.24) is 4.98 Å². The van der Waals surface area contributed by atoms with Crippen LogP contribution >= 0.6 is 11.6 Å². The molecule has 0 bridgehead atoms. The number of nitrogens with zero attached hydrogens (tertiary/aromatic N) is 2. The molecule has 0 fully saturated rings. The van der Waals surface area contributed by atoms with Crippen LogP contribution in [-0.2, 0) is 12.8 Å². The van der Waals surface area contributed by atoms with Crippen LogP contribution in [0.15, 0.2) is 24.3 Å². The van der Waals surface area contributed by atoms with Crippen LogP contribution in [0, 0.1) is 17.0 Å². The van der Waals surface area contributed by atoms with Gasteiger partial charge in [-0.2, -0.15) is 0 Å². The quantitative estimate of drug-likeness (QED) is 0.331. The number of aromatic nitrogens is 1. The van der Waals surface area contributed by atoms with Crippen molar-refractivity contribution in [2.24, 2.45) is 0 Å². The molecule has 0 radical (unpaired) electrons. The van der Waals surface area contributed by atoms with Gasteiger partial charge in [-0.3, -0.25) is 10.1 Å². The van der Waals surface area contributed by atoms with Gasteiger partial charge in [-0.05, 0) is 56.4 Å². The van der Waals surface area contributed by atoms with E-state index in [2.05, 4.69) is 5.32 Å². The minimum absolute atomic E-state index is 0.170. The minimum atomic E-state index is -0.287. The molecule has 3 aromatic rings. The maximum absolute atomic E-state index is 11.7. The molecule has 1 N–H and O–H groups in total. The molecule has 2 heterocycles. The molecule has 1 aliphatic heterocycles. The molecule has 0 spiro atoms. The predicted molar refractivity (Wildman–Crippen MR) is 105 cm³/mol. The Morgan fingerprint density at radius 3 is 2.78 bits per heavy atom. The van der Waals surface area contributed by atoms with Crippen LogP contribution in [0.25, 0.3) is 10.9 Å². The fourth-order valence-corrected chi connectivity index (χ4v) is 4.26. The molecular weight excluding hydrogens is 366 g/mol. The summed E-state index contributed by atoms with van der Waals surface area (Å²) in [5.74, 6) is 1.26. The summed E-state index contributed by atoms with van der Waals surface area (Å²) in [6.07, 6.45) is 3.52. The van der Waals surface area contributed by atoms with Crippen LogP contribution in [0.3, 0.4) is 0 Å². The van der Waals surface area contributed by atoms with Gasteiger partial charge in [-0.1, -0.05) is 11.6 Å². The van der Waals surface area contributed by atoms with Gasteiger partial charge in [0.1, 0.15) is 0 Å². The molecule has 0 atom stereocenters. The Balaban J connectivity index is 1.82. The number of hydrogen-bond acceptors (Lipinski definition) is 5. The average Bonchev–Trinajstić information content (AvgIpc) is 2.66. The predicted octanol–water partition coefficient (Wildman–Crippen LogP) is 5.83. The summed E-state index contributed by atoms with van der Waals surface area (Å²) in [6, 6.07) is 6.98. The highest BCUT2D eigenvalue weighted by Gasteiger charge is 2.29. The minimum Gasteiger partial charge on any atom is -0.451 e. The van der Waals surface area contributed by atoms with Crippen molar-refractivity contribution in [3.8, 4) is 11.5 Å². The second-order valence-electron chi connectivity index (χ2n) is 6.98. The van der Waals surface area contributed by atoms with Crippen molar-refractivity contribution in [3.63, 3.8) is 0 Å². The first-order valence-corrected chi connectivity index (χ1v) is 9.28. The van der Waals surface area contributed by atoms with E-state index in [0.29, 0.717) is 27.6 Å². The van der Waals surface area contributed by atoms with Crippen molar-refractivity contribution in [3.05, 3.63) is 56.2 Å². The number of nitro benzene ring substituents is 1. The molecule has 2 aromatic carbocycles. The molecule has 0 saturated carbocycles. The zero-order chi connectivity index (χ0) is 18.7. The molecular formula is C20H16ClN3O3. The molecule has 5 rings (SSSR count). The number of rotatable bonds is 1. The summed E-state index contributed by atoms with van der Waals surface area (Å²) < 4.78 is 6.06. The largest absolute Gasteiger partial charge is 0.451 e. The van der Waals surface area contributed by atoms with Crippen LogP contribution in [-0.4, -0.2) is 9.91 Å². The molecule has 1 aromatic heterocycles. The number of anilines is 2. The zero-order valence-corrected chi connectivity index (χ0v) is 15.4. The van der Waals surface area contributed by atoms with E-state index in [0.717, 1.165) is 53.7 Å². The number of benzene rings is 2. The van der Waals surface area contributed by atoms with Gasteiger partial charge in [0.2, 0.25) is 0 Å². The molecule has 7 heteroatoms. The van der Waals surface area contributed by atoms with Gasteiger partial charge in [-0.15, -0.1) is 0 Å². The number of hydrogen-bond donors (Lipinski definition) is 1. The maximum atomic E-state index is 11.7. The van der Waals surface area contributed by atoms with E-state index < -0.39 is 0 Å². The number of pyridine rings is 1. The first-order valence-electron chi connectivity index (χ1n) is 8.91. The highest BCUT2D eigenvalue weighted by molar-refractivity contribution is 6.31. The van der Waals surface area contributed by atoms with Crippen molar-refractivity contribution >= 4 is 39.6 Å². The number of fused-ring (bicyclic) bond motifs is 6. The topological polar surface area (TPSA) is 77.3 Å². The highest BCUT2D eigenvalue weighted by atomic mass is 35.5. The third kappa shape index (κ3) is 2.44. The molecule has 0 unspecified atom stereocenters. The molecule has 136 valence electrons. The van der Waals surface area contributed by atoms with Crippen LogP contribution in [0.2, 0.25) is 5.02 Å². The summed E-state index contributed by atoms with van der Waals surface area (Å²) >= 11 is 6.12. The monoisotopic (exact) mass is 381 g/mol. The fraction of sp³-hybridized carbons (Fsp3) is 0.250. The van der Waals surface area contributed by atoms with E-state index >= 15 is 0 Å². The Kier molecular flexibility index (Phi) is 3.52. The second-order valence-corrected chi connectivity index (χ2v) is 7.42. The van der Waals surface area contributed by atoms with Gasteiger partial charge in [0.15, 0.2) is 11.5 Å². The highest BCUT2D eigenvalue weighted by Crippen LogP contribution is 2.49. The SMILES string of the molecule is Cc1nc2c3c(c([N+](=O)[O-])cc2c2c1Oc1ccc(Cl)cc1N2)CCCC3. The molecule has 1 aliphatic carbocycles. The van der Waals surface area contributed by atoms with Gasteiger partial charge in [0.05, 0.1) is 27.5 Å². The van der Waals surface area contributed by atoms with E-state index in [1.165, 1.54) is 0 Å². The number of nitrogens with one attached hydrogen (secondary N) is 1. The third-order valence-corrected chi connectivity index (χ3v) is 5.55. The number of nitro groups is 1.